The van der Waals surface area contributed by atoms with Crippen molar-refractivity contribution < 1.29 is 0 Å². The zero-order valence-electron chi connectivity index (χ0n) is 13.6. The number of halogens is 1. The zero-order chi connectivity index (χ0) is 16.7. The minimum atomic E-state index is 0.130. The number of aromatic nitrogens is 4. The molecule has 5 nitrogen and oxygen atoms in total. The van der Waals surface area contributed by atoms with Gasteiger partial charge in [0.25, 0.3) is 0 Å². The number of fused-ring (bicyclic) bond motifs is 1. The summed E-state index contributed by atoms with van der Waals surface area (Å²) in [5.41, 5.74) is 5.06. The SMILES string of the molecule is Cc1ccc([C@@H]2C[C@H](c3ccc(Br)cc3)Nc3nnnn32)c(C)c1. The third-order valence-corrected chi connectivity index (χ3v) is 5.14. The van der Waals surface area contributed by atoms with E-state index >= 15 is 0 Å². The molecule has 0 spiro atoms. The lowest BCUT2D eigenvalue weighted by molar-refractivity contribution is 0.422. The Morgan fingerprint density at radius 3 is 2.67 bits per heavy atom. The van der Waals surface area contributed by atoms with E-state index in [-0.39, 0.29) is 12.1 Å². The highest BCUT2D eigenvalue weighted by molar-refractivity contribution is 9.10. The number of nitrogens with one attached hydrogen (secondary N) is 1. The van der Waals surface area contributed by atoms with Crippen LogP contribution in [0.3, 0.4) is 0 Å². The number of hydrogen-bond acceptors (Lipinski definition) is 4. The third kappa shape index (κ3) is 2.71. The molecule has 1 aliphatic heterocycles. The summed E-state index contributed by atoms with van der Waals surface area (Å²) in [4.78, 5) is 0. The van der Waals surface area contributed by atoms with Crippen LogP contribution in [0.5, 0.6) is 0 Å². The monoisotopic (exact) mass is 383 g/mol. The third-order valence-electron chi connectivity index (χ3n) is 4.61. The van der Waals surface area contributed by atoms with Crippen molar-refractivity contribution in [1.82, 2.24) is 20.2 Å². The van der Waals surface area contributed by atoms with Crippen LogP contribution < -0.4 is 5.32 Å². The number of tetrazole rings is 1. The van der Waals surface area contributed by atoms with Gasteiger partial charge in [0, 0.05) is 4.47 Å². The molecule has 0 aliphatic carbocycles. The van der Waals surface area contributed by atoms with E-state index < -0.39 is 0 Å². The van der Waals surface area contributed by atoms with Crippen LogP contribution in [-0.4, -0.2) is 20.2 Å². The van der Waals surface area contributed by atoms with Crippen LogP contribution in [0.25, 0.3) is 0 Å². The lowest BCUT2D eigenvalue weighted by atomic mass is 9.90. The second-order valence-corrected chi connectivity index (χ2v) is 7.22. The van der Waals surface area contributed by atoms with Crippen LogP contribution in [0.1, 0.15) is 40.8 Å². The van der Waals surface area contributed by atoms with Gasteiger partial charge in [-0.05, 0) is 59.5 Å². The summed E-state index contributed by atoms with van der Waals surface area (Å²) >= 11 is 3.50. The molecule has 3 aromatic rings. The van der Waals surface area contributed by atoms with Crippen molar-refractivity contribution in [3.05, 3.63) is 69.2 Å². The minimum Gasteiger partial charge on any atom is -0.346 e. The molecule has 0 fully saturated rings. The first-order valence-corrected chi connectivity index (χ1v) is 8.78. The van der Waals surface area contributed by atoms with Crippen molar-refractivity contribution in [2.45, 2.75) is 32.4 Å². The van der Waals surface area contributed by atoms with Crippen LogP contribution in [0.15, 0.2) is 46.9 Å². The Bertz CT molecular complexity index is 871. The van der Waals surface area contributed by atoms with Gasteiger partial charge in [-0.1, -0.05) is 56.9 Å². The second-order valence-electron chi connectivity index (χ2n) is 6.31. The molecule has 0 saturated carbocycles. The first kappa shape index (κ1) is 15.3. The van der Waals surface area contributed by atoms with Crippen LogP contribution in [0, 0.1) is 13.8 Å². The van der Waals surface area contributed by atoms with E-state index in [0.29, 0.717) is 0 Å². The zero-order valence-corrected chi connectivity index (χ0v) is 15.2. The van der Waals surface area contributed by atoms with Gasteiger partial charge in [-0.2, -0.15) is 0 Å². The largest absolute Gasteiger partial charge is 0.346 e. The van der Waals surface area contributed by atoms with Gasteiger partial charge in [-0.25, -0.2) is 4.68 Å². The number of anilines is 1. The summed E-state index contributed by atoms with van der Waals surface area (Å²) in [5, 5.41) is 15.7. The molecule has 2 atom stereocenters. The van der Waals surface area contributed by atoms with E-state index in [1.807, 2.05) is 4.68 Å². The molecule has 2 heterocycles. The lowest BCUT2D eigenvalue weighted by Gasteiger charge is -2.31. The van der Waals surface area contributed by atoms with Gasteiger partial charge in [-0.15, -0.1) is 0 Å². The predicted octanol–water partition coefficient (Wildman–Crippen LogP) is 4.20. The molecular formula is C18H18BrN5. The standard InChI is InChI=1S/C18H18BrN5/c1-11-3-8-15(12(2)9-11)17-10-16(13-4-6-14(19)7-5-13)20-18-21-22-23-24(17)18/h3-9,16-17H,10H2,1-2H3,(H,20,21,23)/t16-,17+/m1/s1. The van der Waals surface area contributed by atoms with E-state index in [9.17, 15) is 0 Å². The molecule has 0 amide bonds. The maximum Gasteiger partial charge on any atom is 0.243 e. The summed E-state index contributed by atoms with van der Waals surface area (Å²) in [6.45, 7) is 4.27. The minimum absolute atomic E-state index is 0.130. The van der Waals surface area contributed by atoms with Crippen molar-refractivity contribution in [1.29, 1.82) is 0 Å². The highest BCUT2D eigenvalue weighted by Crippen LogP contribution is 2.38. The average molecular weight is 384 g/mol. The average Bonchev–Trinajstić information content (AvgIpc) is 3.03. The molecule has 0 unspecified atom stereocenters. The highest BCUT2D eigenvalue weighted by atomic mass is 79.9. The van der Waals surface area contributed by atoms with Gasteiger partial charge in [0.15, 0.2) is 0 Å². The van der Waals surface area contributed by atoms with Crippen molar-refractivity contribution in [3.8, 4) is 0 Å². The predicted molar refractivity (Wildman–Crippen MR) is 97.0 cm³/mol. The van der Waals surface area contributed by atoms with Crippen molar-refractivity contribution in [2.75, 3.05) is 5.32 Å². The molecule has 1 N–H and O–H groups in total. The molecule has 1 aliphatic rings. The number of benzene rings is 2. The molecule has 6 heteroatoms. The number of rotatable bonds is 2. The first-order chi connectivity index (χ1) is 11.6. The van der Waals surface area contributed by atoms with Gasteiger partial charge >= 0.3 is 0 Å². The van der Waals surface area contributed by atoms with Gasteiger partial charge in [-0.3, -0.25) is 0 Å². The summed E-state index contributed by atoms with van der Waals surface area (Å²) in [5.74, 6) is 0.721. The number of hydrogen-bond donors (Lipinski definition) is 1. The van der Waals surface area contributed by atoms with Crippen LogP contribution in [0.2, 0.25) is 0 Å². The fourth-order valence-corrected chi connectivity index (χ4v) is 3.67. The Balaban J connectivity index is 1.75. The Morgan fingerprint density at radius 2 is 1.92 bits per heavy atom. The normalized spacial score (nSPS) is 19.6. The van der Waals surface area contributed by atoms with E-state index in [1.54, 1.807) is 0 Å². The molecule has 122 valence electrons. The fourth-order valence-electron chi connectivity index (χ4n) is 3.41. The van der Waals surface area contributed by atoms with Crippen LogP contribution in [-0.2, 0) is 0 Å². The van der Waals surface area contributed by atoms with Crippen molar-refractivity contribution in [3.63, 3.8) is 0 Å². The van der Waals surface area contributed by atoms with E-state index in [0.717, 1.165) is 16.8 Å². The molecule has 4 rings (SSSR count). The van der Waals surface area contributed by atoms with Crippen LogP contribution in [0.4, 0.5) is 5.95 Å². The molecule has 0 bridgehead atoms. The Kier molecular flexibility index (Phi) is 3.84. The Labute approximate surface area is 149 Å². The molecule has 24 heavy (non-hydrogen) atoms. The van der Waals surface area contributed by atoms with E-state index in [1.165, 1.54) is 22.3 Å². The maximum absolute atomic E-state index is 4.21. The summed E-state index contributed by atoms with van der Waals surface area (Å²) in [6, 6.07) is 15.3. The second kappa shape index (κ2) is 6.02. The van der Waals surface area contributed by atoms with Gasteiger partial charge in [0.2, 0.25) is 5.95 Å². The van der Waals surface area contributed by atoms with E-state index in [2.05, 4.69) is 93.1 Å². The highest BCUT2D eigenvalue weighted by Gasteiger charge is 2.31. The van der Waals surface area contributed by atoms with Crippen LogP contribution >= 0.6 is 15.9 Å². The number of aryl methyl sites for hydroxylation is 2. The molecule has 0 radical (unpaired) electrons. The fraction of sp³-hybridized carbons (Fsp3) is 0.278. The maximum atomic E-state index is 4.21. The van der Waals surface area contributed by atoms with Gasteiger partial charge in [0.05, 0.1) is 12.1 Å². The van der Waals surface area contributed by atoms with Crippen molar-refractivity contribution in [2.24, 2.45) is 0 Å². The molecule has 0 saturated heterocycles. The van der Waals surface area contributed by atoms with Crippen molar-refractivity contribution >= 4 is 21.9 Å². The summed E-state index contributed by atoms with van der Waals surface area (Å²) < 4.78 is 2.98. The Morgan fingerprint density at radius 1 is 1.12 bits per heavy atom. The Hall–Kier alpha value is -2.21. The topological polar surface area (TPSA) is 55.6 Å². The van der Waals surface area contributed by atoms with Gasteiger partial charge in [0.1, 0.15) is 0 Å². The quantitative estimate of drug-likeness (QED) is 0.720. The molecule has 2 aromatic carbocycles. The summed E-state index contributed by atoms with van der Waals surface area (Å²) in [7, 11) is 0. The smallest absolute Gasteiger partial charge is 0.243 e. The first-order valence-electron chi connectivity index (χ1n) is 7.99. The summed E-state index contributed by atoms with van der Waals surface area (Å²) in [6.07, 6.45) is 0.906. The lowest BCUT2D eigenvalue weighted by Crippen LogP contribution is -2.28. The molecule has 1 aromatic heterocycles. The van der Waals surface area contributed by atoms with E-state index in [4.69, 9.17) is 0 Å². The number of nitrogens with zero attached hydrogens (tertiary/aromatic N) is 4. The molecular weight excluding hydrogens is 366 g/mol. The van der Waals surface area contributed by atoms with Gasteiger partial charge < -0.3 is 5.32 Å².